The van der Waals surface area contributed by atoms with Gasteiger partial charge < -0.3 is 11.1 Å². The van der Waals surface area contributed by atoms with Crippen LogP contribution < -0.4 is 16.7 Å². The lowest BCUT2D eigenvalue weighted by molar-refractivity contribution is 0.0996. The Balaban J connectivity index is 1.77. The summed E-state index contributed by atoms with van der Waals surface area (Å²) in [4.78, 5) is 32.9. The molecule has 1 amide bonds. The Kier molecular flexibility index (Phi) is 4.37. The van der Waals surface area contributed by atoms with Crippen LogP contribution in [0.1, 0.15) is 48.1 Å². The van der Waals surface area contributed by atoms with E-state index in [1.54, 1.807) is 22.3 Å². The van der Waals surface area contributed by atoms with Crippen LogP contribution in [0.3, 0.4) is 0 Å². The number of carbonyl (C=O) groups excluding carboxylic acids is 1. The number of hydrogen-bond donors (Lipinski definition) is 2. The summed E-state index contributed by atoms with van der Waals surface area (Å²) < 4.78 is 17.5. The van der Waals surface area contributed by atoms with Crippen LogP contribution in [0.15, 0.2) is 23.1 Å². The third-order valence-electron chi connectivity index (χ3n) is 5.29. The third-order valence-corrected chi connectivity index (χ3v) is 5.29. The molecule has 2 aromatic heterocycles. The van der Waals surface area contributed by atoms with Crippen LogP contribution in [0.4, 0.5) is 16.0 Å². The second kappa shape index (κ2) is 6.74. The molecule has 0 bridgehead atoms. The van der Waals surface area contributed by atoms with Crippen molar-refractivity contribution >= 4 is 28.7 Å². The fraction of sp³-hybridized carbons (Fsp3) is 0.368. The number of benzene rings is 1. The molecule has 2 heterocycles. The number of aromatic nitrogens is 4. The van der Waals surface area contributed by atoms with E-state index in [2.05, 4.69) is 15.3 Å². The second-order valence-electron chi connectivity index (χ2n) is 7.02. The molecule has 0 radical (unpaired) electrons. The van der Waals surface area contributed by atoms with Crippen molar-refractivity contribution in [3.8, 4) is 0 Å². The molecule has 9 heteroatoms. The van der Waals surface area contributed by atoms with E-state index in [4.69, 9.17) is 5.73 Å². The molecule has 1 saturated carbocycles. The lowest BCUT2D eigenvalue weighted by Gasteiger charge is -2.26. The highest BCUT2D eigenvalue weighted by molar-refractivity contribution is 5.94. The van der Waals surface area contributed by atoms with Gasteiger partial charge in [-0.3, -0.25) is 13.9 Å². The predicted octanol–water partition coefficient (Wildman–Crippen LogP) is 2.63. The van der Waals surface area contributed by atoms with Gasteiger partial charge in [0.15, 0.2) is 5.65 Å². The maximum absolute atomic E-state index is 14.1. The average molecular weight is 384 g/mol. The van der Waals surface area contributed by atoms with Gasteiger partial charge in [-0.05, 0) is 50.8 Å². The lowest BCUT2D eigenvalue weighted by atomic mass is 9.93. The number of nitrogens with zero attached hydrogens (tertiary/aromatic N) is 4. The summed E-state index contributed by atoms with van der Waals surface area (Å²) in [6, 6.07) is 2.73. The number of aryl methyl sites for hydroxylation is 2. The van der Waals surface area contributed by atoms with E-state index in [0.29, 0.717) is 29.0 Å². The van der Waals surface area contributed by atoms with E-state index in [9.17, 15) is 14.0 Å². The zero-order valence-corrected chi connectivity index (χ0v) is 15.7. The second-order valence-corrected chi connectivity index (χ2v) is 7.02. The fourth-order valence-corrected chi connectivity index (χ4v) is 3.52. The minimum Gasteiger partial charge on any atom is -0.366 e. The predicted molar refractivity (Wildman–Crippen MR) is 103 cm³/mol. The van der Waals surface area contributed by atoms with Gasteiger partial charge in [0, 0.05) is 18.3 Å². The minimum absolute atomic E-state index is 0.0818. The van der Waals surface area contributed by atoms with Crippen molar-refractivity contribution in [3.63, 3.8) is 0 Å². The number of nitrogens with one attached hydrogen (secondary N) is 1. The summed E-state index contributed by atoms with van der Waals surface area (Å²) in [6.45, 7) is 4.17. The van der Waals surface area contributed by atoms with Gasteiger partial charge in [-0.2, -0.15) is 4.98 Å². The van der Waals surface area contributed by atoms with E-state index < -0.39 is 11.7 Å². The summed E-state index contributed by atoms with van der Waals surface area (Å²) in [5, 5.41) is 2.98. The number of primary amides is 1. The molecule has 1 fully saturated rings. The summed E-state index contributed by atoms with van der Waals surface area (Å²) in [5.41, 5.74) is 7.23. The number of rotatable bonds is 5. The molecule has 3 aromatic rings. The van der Waals surface area contributed by atoms with Gasteiger partial charge >= 0.3 is 5.69 Å². The molecule has 0 spiro atoms. The monoisotopic (exact) mass is 384 g/mol. The highest BCUT2D eigenvalue weighted by Crippen LogP contribution is 2.33. The summed E-state index contributed by atoms with van der Waals surface area (Å²) in [5.74, 6) is -1.29. The maximum atomic E-state index is 14.1. The van der Waals surface area contributed by atoms with Crippen molar-refractivity contribution in [2.24, 2.45) is 5.73 Å². The first-order valence-corrected chi connectivity index (χ1v) is 9.25. The molecule has 146 valence electrons. The van der Waals surface area contributed by atoms with Crippen molar-refractivity contribution in [1.29, 1.82) is 0 Å². The van der Waals surface area contributed by atoms with Gasteiger partial charge in [-0.15, -0.1) is 0 Å². The zero-order chi connectivity index (χ0) is 20.0. The molecule has 1 aromatic carbocycles. The molecule has 0 aliphatic heterocycles. The SMILES string of the molecule is CCn1c(=O)n(C2CCC2)c2nc(Nc3cc(F)c(C(N)=O)cc3C)ncc21. The molecule has 0 atom stereocenters. The molecule has 3 N–H and O–H groups in total. The molecule has 1 aliphatic carbocycles. The van der Waals surface area contributed by atoms with E-state index in [1.165, 1.54) is 12.1 Å². The van der Waals surface area contributed by atoms with Crippen LogP contribution in [0.25, 0.3) is 11.2 Å². The largest absolute Gasteiger partial charge is 0.366 e. The van der Waals surface area contributed by atoms with E-state index in [0.717, 1.165) is 19.3 Å². The molecule has 0 unspecified atom stereocenters. The molecule has 0 saturated heterocycles. The highest BCUT2D eigenvalue weighted by Gasteiger charge is 2.26. The number of imidazole rings is 1. The number of anilines is 2. The Hall–Kier alpha value is -3.23. The average Bonchev–Trinajstić information content (AvgIpc) is 2.87. The van der Waals surface area contributed by atoms with Crippen molar-refractivity contribution < 1.29 is 9.18 Å². The van der Waals surface area contributed by atoms with E-state index in [-0.39, 0.29) is 23.2 Å². The van der Waals surface area contributed by atoms with E-state index >= 15 is 0 Å². The first-order chi connectivity index (χ1) is 13.4. The van der Waals surface area contributed by atoms with Crippen molar-refractivity contribution in [2.75, 3.05) is 5.32 Å². The van der Waals surface area contributed by atoms with Crippen LogP contribution in [-0.2, 0) is 6.54 Å². The lowest BCUT2D eigenvalue weighted by Crippen LogP contribution is -2.30. The molecular formula is C19H21FN6O2. The number of carbonyl (C=O) groups is 1. The number of fused-ring (bicyclic) bond motifs is 1. The topological polar surface area (TPSA) is 108 Å². The number of amides is 1. The van der Waals surface area contributed by atoms with Crippen LogP contribution >= 0.6 is 0 Å². The van der Waals surface area contributed by atoms with Crippen LogP contribution in [0.5, 0.6) is 0 Å². The van der Waals surface area contributed by atoms with Crippen LogP contribution in [0, 0.1) is 12.7 Å². The maximum Gasteiger partial charge on any atom is 0.330 e. The van der Waals surface area contributed by atoms with Crippen LogP contribution in [0.2, 0.25) is 0 Å². The Labute approximate surface area is 160 Å². The van der Waals surface area contributed by atoms with Crippen LogP contribution in [-0.4, -0.2) is 25.0 Å². The quantitative estimate of drug-likeness (QED) is 0.703. The molecule has 8 nitrogen and oxygen atoms in total. The fourth-order valence-electron chi connectivity index (χ4n) is 3.52. The van der Waals surface area contributed by atoms with Gasteiger partial charge in [0.1, 0.15) is 11.3 Å². The molecular weight excluding hydrogens is 363 g/mol. The third kappa shape index (κ3) is 2.83. The first-order valence-electron chi connectivity index (χ1n) is 9.25. The highest BCUT2D eigenvalue weighted by atomic mass is 19.1. The Morgan fingerprint density at radius 3 is 2.75 bits per heavy atom. The van der Waals surface area contributed by atoms with Gasteiger partial charge in [0.25, 0.3) is 5.91 Å². The molecule has 4 rings (SSSR count). The number of halogens is 1. The van der Waals surface area contributed by atoms with Gasteiger partial charge in [-0.25, -0.2) is 14.2 Å². The minimum atomic E-state index is -0.824. The normalized spacial score (nSPS) is 14.2. The van der Waals surface area contributed by atoms with Crippen molar-refractivity contribution in [3.05, 3.63) is 45.8 Å². The Morgan fingerprint density at radius 1 is 1.39 bits per heavy atom. The number of nitrogens with two attached hydrogens (primary N) is 1. The zero-order valence-electron chi connectivity index (χ0n) is 15.7. The van der Waals surface area contributed by atoms with Crippen molar-refractivity contribution in [1.82, 2.24) is 19.1 Å². The Morgan fingerprint density at radius 2 is 2.14 bits per heavy atom. The smallest absolute Gasteiger partial charge is 0.330 e. The summed E-state index contributed by atoms with van der Waals surface area (Å²) in [7, 11) is 0. The first kappa shape index (κ1) is 18.1. The van der Waals surface area contributed by atoms with E-state index in [1.807, 2.05) is 6.92 Å². The molecule has 1 aliphatic rings. The van der Waals surface area contributed by atoms with Crippen molar-refractivity contribution in [2.45, 2.75) is 45.7 Å². The van der Waals surface area contributed by atoms with Gasteiger partial charge in [-0.1, -0.05) is 0 Å². The summed E-state index contributed by atoms with van der Waals surface area (Å²) >= 11 is 0. The van der Waals surface area contributed by atoms with Gasteiger partial charge in [0.05, 0.1) is 11.8 Å². The van der Waals surface area contributed by atoms with Gasteiger partial charge in [0.2, 0.25) is 5.95 Å². The Bertz CT molecular complexity index is 1150. The standard InChI is InChI=1S/C19H21FN6O2/c1-3-25-15-9-22-18(24-17(15)26(19(25)28)11-5-4-6-11)23-14-8-13(20)12(16(21)27)7-10(14)2/h7-9,11H,3-6H2,1-2H3,(H2,21,27)(H,22,23,24). The number of hydrogen-bond acceptors (Lipinski definition) is 5. The molecule has 28 heavy (non-hydrogen) atoms. The summed E-state index contributed by atoms with van der Waals surface area (Å²) in [6.07, 6.45) is 4.60.